The van der Waals surface area contributed by atoms with Crippen LogP contribution >= 0.6 is 0 Å². The summed E-state index contributed by atoms with van der Waals surface area (Å²) in [5.74, 6) is 1.02. The van der Waals surface area contributed by atoms with Crippen LogP contribution in [0.4, 0.5) is 0 Å². The molecule has 2 nitrogen and oxygen atoms in total. The van der Waals surface area contributed by atoms with Crippen molar-refractivity contribution in [1.29, 1.82) is 0 Å². The molecule has 16 heavy (non-hydrogen) atoms. The van der Waals surface area contributed by atoms with Crippen LogP contribution in [0.1, 0.15) is 64.7 Å². The van der Waals surface area contributed by atoms with E-state index in [-0.39, 0.29) is 5.41 Å². The van der Waals surface area contributed by atoms with Crippen molar-refractivity contribution in [2.45, 2.75) is 64.7 Å². The Morgan fingerprint density at radius 1 is 1.19 bits per heavy atom. The lowest BCUT2D eigenvalue weighted by Gasteiger charge is -2.37. The highest BCUT2D eigenvalue weighted by molar-refractivity contribution is 5.74. The molecule has 0 bridgehead atoms. The molecule has 0 saturated heterocycles. The molecule has 2 saturated carbocycles. The predicted octanol–water partition coefficient (Wildman–Crippen LogP) is 3.85. The molecule has 0 radical (unpaired) electrons. The Bertz CT molecular complexity index is 247. The minimum atomic E-state index is -0.519. The summed E-state index contributed by atoms with van der Waals surface area (Å²) in [6.45, 7) is 2.23. The molecule has 2 aliphatic carbocycles. The Kier molecular flexibility index (Phi) is 3.56. The third-order valence-corrected chi connectivity index (χ3v) is 4.59. The van der Waals surface area contributed by atoms with Crippen molar-refractivity contribution < 1.29 is 9.90 Å². The number of aliphatic carboxylic acids is 1. The van der Waals surface area contributed by atoms with Crippen molar-refractivity contribution in [2.24, 2.45) is 17.3 Å². The molecule has 1 N–H and O–H groups in total. The first kappa shape index (κ1) is 11.9. The number of hydrogen-bond acceptors (Lipinski definition) is 1. The Hall–Kier alpha value is -0.530. The van der Waals surface area contributed by atoms with Gasteiger partial charge in [0, 0.05) is 0 Å². The number of hydrogen-bond donors (Lipinski definition) is 1. The summed E-state index contributed by atoms with van der Waals surface area (Å²) in [6, 6.07) is 0. The van der Waals surface area contributed by atoms with E-state index >= 15 is 0 Å². The Morgan fingerprint density at radius 3 is 2.25 bits per heavy atom. The first-order chi connectivity index (χ1) is 7.66. The topological polar surface area (TPSA) is 37.3 Å². The lowest BCUT2D eigenvalue weighted by molar-refractivity contribution is -0.152. The van der Waals surface area contributed by atoms with E-state index in [9.17, 15) is 9.90 Å². The second-order valence-corrected chi connectivity index (χ2v) is 5.97. The van der Waals surface area contributed by atoms with Gasteiger partial charge in [-0.25, -0.2) is 0 Å². The highest BCUT2D eigenvalue weighted by atomic mass is 16.4. The molecule has 0 spiro atoms. The summed E-state index contributed by atoms with van der Waals surface area (Å²) >= 11 is 0. The predicted molar refractivity (Wildman–Crippen MR) is 64.3 cm³/mol. The maximum absolute atomic E-state index is 11.5. The molecular weight excluding hydrogens is 200 g/mol. The molecule has 0 amide bonds. The Balaban J connectivity index is 1.92. The van der Waals surface area contributed by atoms with E-state index in [0.29, 0.717) is 0 Å². The fourth-order valence-electron chi connectivity index (χ4n) is 3.31. The lowest BCUT2D eigenvalue weighted by atomic mass is 9.67. The normalized spacial score (nSPS) is 34.9. The third kappa shape index (κ3) is 2.58. The quantitative estimate of drug-likeness (QED) is 0.770. The highest BCUT2D eigenvalue weighted by Crippen LogP contribution is 2.49. The molecule has 92 valence electrons. The summed E-state index contributed by atoms with van der Waals surface area (Å²) < 4.78 is 0. The minimum Gasteiger partial charge on any atom is -0.481 e. The maximum Gasteiger partial charge on any atom is 0.309 e. The average molecular weight is 224 g/mol. The largest absolute Gasteiger partial charge is 0.481 e. The molecule has 0 aromatic rings. The molecule has 2 aliphatic rings. The fourth-order valence-corrected chi connectivity index (χ4v) is 3.31. The van der Waals surface area contributed by atoms with Gasteiger partial charge in [-0.05, 0) is 43.9 Å². The van der Waals surface area contributed by atoms with Crippen LogP contribution in [0.3, 0.4) is 0 Å². The van der Waals surface area contributed by atoms with E-state index in [2.05, 4.69) is 6.92 Å². The van der Waals surface area contributed by atoms with Crippen molar-refractivity contribution in [1.82, 2.24) is 0 Å². The van der Waals surface area contributed by atoms with Crippen LogP contribution in [0.5, 0.6) is 0 Å². The highest BCUT2D eigenvalue weighted by Gasteiger charge is 2.45. The van der Waals surface area contributed by atoms with Crippen molar-refractivity contribution in [3.63, 3.8) is 0 Å². The Labute approximate surface area is 98.4 Å². The van der Waals surface area contributed by atoms with E-state index in [1.54, 1.807) is 0 Å². The zero-order valence-corrected chi connectivity index (χ0v) is 10.4. The molecule has 0 aliphatic heterocycles. The zero-order chi connectivity index (χ0) is 11.6. The molecule has 2 rings (SSSR count). The third-order valence-electron chi connectivity index (χ3n) is 4.59. The number of rotatable bonds is 5. The van der Waals surface area contributed by atoms with Crippen LogP contribution in [0.2, 0.25) is 0 Å². The first-order valence-corrected chi connectivity index (χ1v) is 6.89. The molecular formula is C14H24O2. The average Bonchev–Trinajstić information content (AvgIpc) is 3.05. The van der Waals surface area contributed by atoms with E-state index in [0.717, 1.165) is 43.9 Å². The fraction of sp³-hybridized carbons (Fsp3) is 0.929. The maximum atomic E-state index is 11.5. The van der Waals surface area contributed by atoms with Crippen LogP contribution in [-0.4, -0.2) is 11.1 Å². The summed E-state index contributed by atoms with van der Waals surface area (Å²) in [7, 11) is 0. The molecule has 0 atom stereocenters. The standard InChI is InChI=1S/C14H24O2/c1-2-3-11-6-8-14(9-7-11,13(15)16)10-12-4-5-12/h11-12H,2-10H2,1H3,(H,15,16). The molecule has 2 heteroatoms. The number of carboxylic acids is 1. The van der Waals surface area contributed by atoms with E-state index in [4.69, 9.17) is 0 Å². The monoisotopic (exact) mass is 224 g/mol. The van der Waals surface area contributed by atoms with Gasteiger partial charge in [-0.15, -0.1) is 0 Å². The van der Waals surface area contributed by atoms with Gasteiger partial charge in [0.1, 0.15) is 0 Å². The molecule has 0 unspecified atom stereocenters. The molecule has 0 aromatic carbocycles. The van der Waals surface area contributed by atoms with E-state index in [1.165, 1.54) is 25.7 Å². The van der Waals surface area contributed by atoms with Crippen molar-refractivity contribution in [2.75, 3.05) is 0 Å². The summed E-state index contributed by atoms with van der Waals surface area (Å²) in [6.07, 6.45) is 10.2. The second-order valence-electron chi connectivity index (χ2n) is 5.97. The Morgan fingerprint density at radius 2 is 1.81 bits per heavy atom. The van der Waals surface area contributed by atoms with Crippen LogP contribution in [-0.2, 0) is 4.79 Å². The summed E-state index contributed by atoms with van der Waals surface area (Å²) in [4.78, 5) is 11.5. The first-order valence-electron chi connectivity index (χ1n) is 6.89. The lowest BCUT2D eigenvalue weighted by Crippen LogP contribution is -2.36. The molecule has 2 fully saturated rings. The van der Waals surface area contributed by atoms with Gasteiger partial charge in [-0.3, -0.25) is 4.79 Å². The van der Waals surface area contributed by atoms with Crippen molar-refractivity contribution in [3.05, 3.63) is 0 Å². The second kappa shape index (κ2) is 4.77. The van der Waals surface area contributed by atoms with Crippen LogP contribution in [0, 0.1) is 17.3 Å². The van der Waals surface area contributed by atoms with Gasteiger partial charge in [-0.1, -0.05) is 32.6 Å². The van der Waals surface area contributed by atoms with E-state index in [1.807, 2.05) is 0 Å². The van der Waals surface area contributed by atoms with Gasteiger partial charge in [0.15, 0.2) is 0 Å². The van der Waals surface area contributed by atoms with Gasteiger partial charge in [0.05, 0.1) is 5.41 Å². The van der Waals surface area contributed by atoms with Gasteiger partial charge >= 0.3 is 5.97 Å². The van der Waals surface area contributed by atoms with Crippen molar-refractivity contribution >= 4 is 5.97 Å². The summed E-state index contributed by atoms with van der Waals surface area (Å²) in [5.41, 5.74) is -0.342. The van der Waals surface area contributed by atoms with Gasteiger partial charge < -0.3 is 5.11 Å². The van der Waals surface area contributed by atoms with E-state index < -0.39 is 5.97 Å². The zero-order valence-electron chi connectivity index (χ0n) is 10.4. The smallest absolute Gasteiger partial charge is 0.309 e. The van der Waals surface area contributed by atoms with Crippen LogP contribution < -0.4 is 0 Å². The van der Waals surface area contributed by atoms with Crippen LogP contribution in [0.15, 0.2) is 0 Å². The molecule has 0 aromatic heterocycles. The SMILES string of the molecule is CCCC1CCC(CC2CC2)(C(=O)O)CC1. The summed E-state index contributed by atoms with van der Waals surface area (Å²) in [5, 5.41) is 9.48. The number of carboxylic acid groups (broad SMARTS) is 1. The number of carbonyl (C=O) groups is 1. The van der Waals surface area contributed by atoms with Gasteiger partial charge in [0.2, 0.25) is 0 Å². The van der Waals surface area contributed by atoms with Crippen LogP contribution in [0.25, 0.3) is 0 Å². The molecule has 0 heterocycles. The van der Waals surface area contributed by atoms with Gasteiger partial charge in [-0.2, -0.15) is 0 Å². The van der Waals surface area contributed by atoms with Gasteiger partial charge in [0.25, 0.3) is 0 Å². The minimum absolute atomic E-state index is 0.342. The van der Waals surface area contributed by atoms with Crippen molar-refractivity contribution in [3.8, 4) is 0 Å².